The van der Waals surface area contributed by atoms with Crippen LogP contribution in [0.15, 0.2) is 170 Å². The van der Waals surface area contributed by atoms with E-state index in [4.69, 9.17) is 9.97 Å². The van der Waals surface area contributed by atoms with Crippen molar-refractivity contribution in [2.75, 3.05) is 0 Å². The second-order valence-corrected chi connectivity index (χ2v) is 16.1. The lowest BCUT2D eigenvalue weighted by Crippen LogP contribution is -2.14. The van der Waals surface area contributed by atoms with Gasteiger partial charge in [-0.15, -0.1) is 11.3 Å². The predicted molar refractivity (Wildman–Crippen MR) is 229 cm³/mol. The Morgan fingerprint density at radius 1 is 0.389 bits per heavy atom. The minimum atomic E-state index is -0.0704. The first-order valence-electron chi connectivity index (χ1n) is 18.6. The summed E-state index contributed by atoms with van der Waals surface area (Å²) in [4.78, 5) is 10.6. The van der Waals surface area contributed by atoms with Crippen LogP contribution in [0.4, 0.5) is 0 Å². The molecule has 8 aromatic carbocycles. The third kappa shape index (κ3) is 4.79. The van der Waals surface area contributed by atoms with Crippen LogP contribution in [0.2, 0.25) is 0 Å². The van der Waals surface area contributed by atoms with Crippen molar-refractivity contribution in [1.82, 2.24) is 9.97 Å². The first-order chi connectivity index (χ1) is 26.5. The Labute approximate surface area is 318 Å². The molecule has 0 atom stereocenters. The summed E-state index contributed by atoms with van der Waals surface area (Å²) in [5.41, 5.74) is 12.8. The van der Waals surface area contributed by atoms with Gasteiger partial charge in [0.15, 0.2) is 5.82 Å². The number of nitrogens with zero attached hydrogens (tertiary/aromatic N) is 2. The van der Waals surface area contributed by atoms with E-state index in [9.17, 15) is 0 Å². The van der Waals surface area contributed by atoms with Crippen LogP contribution < -0.4 is 0 Å². The molecular formula is C51H34N2S. The molecule has 2 aromatic heterocycles. The topological polar surface area (TPSA) is 25.8 Å². The van der Waals surface area contributed by atoms with E-state index >= 15 is 0 Å². The lowest BCUT2D eigenvalue weighted by atomic mass is 9.81. The van der Waals surface area contributed by atoms with E-state index in [2.05, 4.69) is 184 Å². The number of hydrogen-bond acceptors (Lipinski definition) is 3. The molecule has 0 fully saturated rings. The predicted octanol–water partition coefficient (Wildman–Crippen LogP) is 14.1. The van der Waals surface area contributed by atoms with E-state index in [-0.39, 0.29) is 5.41 Å². The van der Waals surface area contributed by atoms with Gasteiger partial charge < -0.3 is 0 Å². The van der Waals surface area contributed by atoms with Crippen molar-refractivity contribution in [3.63, 3.8) is 0 Å². The minimum absolute atomic E-state index is 0.0704. The van der Waals surface area contributed by atoms with E-state index in [0.29, 0.717) is 0 Å². The highest BCUT2D eigenvalue weighted by Crippen LogP contribution is 2.51. The van der Waals surface area contributed by atoms with Crippen LogP contribution in [0.25, 0.3) is 97.9 Å². The van der Waals surface area contributed by atoms with Crippen LogP contribution in [0, 0.1) is 0 Å². The van der Waals surface area contributed by atoms with Gasteiger partial charge in [0.25, 0.3) is 0 Å². The average molecular weight is 707 g/mol. The molecule has 10 aromatic rings. The standard InChI is InChI=1S/C51H34N2S/c1-51(2)44-24-20-34(27-41(44)42-26-32-14-6-7-15-33(32)29-45(42)51)36-22-23-40(38-17-9-8-16-37(36)38)50-52-46(31-12-4-3-5-13-31)30-47(53-50)35-21-25-49-43(28-35)39-18-10-11-19-48(39)54-49/h3-30H,1-2H3. The zero-order valence-corrected chi connectivity index (χ0v) is 30.8. The summed E-state index contributed by atoms with van der Waals surface area (Å²) in [5.74, 6) is 0.723. The third-order valence-electron chi connectivity index (χ3n) is 11.5. The molecule has 3 heteroatoms. The Morgan fingerprint density at radius 2 is 1.00 bits per heavy atom. The fourth-order valence-corrected chi connectivity index (χ4v) is 9.79. The monoisotopic (exact) mass is 706 g/mol. The Bertz CT molecular complexity index is 3130. The van der Waals surface area contributed by atoms with Crippen molar-refractivity contribution >= 4 is 53.1 Å². The maximum Gasteiger partial charge on any atom is 0.161 e. The maximum absolute atomic E-state index is 5.33. The van der Waals surface area contributed by atoms with Gasteiger partial charge in [-0.3, -0.25) is 0 Å². The van der Waals surface area contributed by atoms with Crippen molar-refractivity contribution in [3.05, 3.63) is 181 Å². The maximum atomic E-state index is 5.33. The first kappa shape index (κ1) is 31.1. The molecule has 0 aliphatic heterocycles. The fourth-order valence-electron chi connectivity index (χ4n) is 8.71. The number of thiophene rings is 1. The number of benzene rings is 8. The Morgan fingerprint density at radius 3 is 1.81 bits per heavy atom. The molecule has 0 spiro atoms. The van der Waals surface area contributed by atoms with Gasteiger partial charge >= 0.3 is 0 Å². The highest BCUT2D eigenvalue weighted by molar-refractivity contribution is 7.25. The van der Waals surface area contributed by atoms with Gasteiger partial charge in [-0.05, 0) is 103 Å². The summed E-state index contributed by atoms with van der Waals surface area (Å²) in [6, 6.07) is 61.8. The molecule has 11 rings (SSSR count). The first-order valence-corrected chi connectivity index (χ1v) is 19.4. The minimum Gasteiger partial charge on any atom is -0.228 e. The number of hydrogen-bond donors (Lipinski definition) is 0. The summed E-state index contributed by atoms with van der Waals surface area (Å²) >= 11 is 1.84. The van der Waals surface area contributed by atoms with Crippen LogP contribution in [0.5, 0.6) is 0 Å². The lowest BCUT2D eigenvalue weighted by molar-refractivity contribution is 0.661. The van der Waals surface area contributed by atoms with Crippen LogP contribution >= 0.6 is 11.3 Å². The Hall–Kier alpha value is -6.42. The highest BCUT2D eigenvalue weighted by atomic mass is 32.1. The number of aromatic nitrogens is 2. The zero-order valence-electron chi connectivity index (χ0n) is 30.0. The molecule has 0 N–H and O–H groups in total. The van der Waals surface area contributed by atoms with Crippen LogP contribution in [0.3, 0.4) is 0 Å². The summed E-state index contributed by atoms with van der Waals surface area (Å²) in [5, 5.41) is 7.44. The molecule has 254 valence electrons. The Balaban J connectivity index is 1.08. The van der Waals surface area contributed by atoms with Crippen LogP contribution in [-0.2, 0) is 5.41 Å². The van der Waals surface area contributed by atoms with Crippen molar-refractivity contribution in [3.8, 4) is 56.2 Å². The van der Waals surface area contributed by atoms with E-state index in [1.165, 1.54) is 69.7 Å². The molecule has 0 unspecified atom stereocenters. The van der Waals surface area contributed by atoms with Gasteiger partial charge in [-0.25, -0.2) is 9.97 Å². The average Bonchev–Trinajstić information content (AvgIpc) is 3.70. The summed E-state index contributed by atoms with van der Waals surface area (Å²) in [6.07, 6.45) is 0. The molecule has 1 aliphatic rings. The second kappa shape index (κ2) is 11.8. The van der Waals surface area contributed by atoms with Crippen LogP contribution in [-0.4, -0.2) is 9.97 Å². The molecule has 0 saturated carbocycles. The third-order valence-corrected chi connectivity index (χ3v) is 12.6. The SMILES string of the molecule is CC1(C)c2ccc(-c3ccc(-c4nc(-c5ccccc5)cc(-c5ccc6sc7ccccc7c6c5)n4)c4ccccc34)cc2-c2cc3ccccc3cc21. The van der Waals surface area contributed by atoms with Crippen LogP contribution in [0.1, 0.15) is 25.0 Å². The van der Waals surface area contributed by atoms with E-state index < -0.39 is 0 Å². The van der Waals surface area contributed by atoms with Crippen molar-refractivity contribution in [1.29, 1.82) is 0 Å². The van der Waals surface area contributed by atoms with Crippen molar-refractivity contribution in [2.24, 2.45) is 0 Å². The summed E-state index contributed by atoms with van der Waals surface area (Å²) in [6.45, 7) is 4.71. The van der Waals surface area contributed by atoms with E-state index in [1.807, 2.05) is 11.3 Å². The smallest absolute Gasteiger partial charge is 0.161 e. The largest absolute Gasteiger partial charge is 0.228 e. The molecule has 1 aliphatic carbocycles. The lowest BCUT2D eigenvalue weighted by Gasteiger charge is -2.22. The zero-order chi connectivity index (χ0) is 36.0. The van der Waals surface area contributed by atoms with Crippen molar-refractivity contribution in [2.45, 2.75) is 19.3 Å². The quantitative estimate of drug-likeness (QED) is 0.182. The van der Waals surface area contributed by atoms with Gasteiger partial charge in [0.1, 0.15) is 0 Å². The number of fused-ring (bicyclic) bond motifs is 8. The fraction of sp³-hybridized carbons (Fsp3) is 0.0588. The molecule has 2 nitrogen and oxygen atoms in total. The molecule has 0 saturated heterocycles. The van der Waals surface area contributed by atoms with Gasteiger partial charge in [-0.2, -0.15) is 0 Å². The number of rotatable bonds is 4. The van der Waals surface area contributed by atoms with Gasteiger partial charge in [0.05, 0.1) is 11.4 Å². The van der Waals surface area contributed by atoms with E-state index in [0.717, 1.165) is 39.3 Å². The summed E-state index contributed by atoms with van der Waals surface area (Å²) < 4.78 is 2.58. The molecule has 0 bridgehead atoms. The molecule has 0 amide bonds. The Kier molecular flexibility index (Phi) is 6.80. The molecule has 2 heterocycles. The molecule has 0 radical (unpaired) electrons. The molecular weight excluding hydrogens is 673 g/mol. The normalized spacial score (nSPS) is 13.1. The van der Waals surface area contributed by atoms with Gasteiger partial charge in [-0.1, -0.05) is 135 Å². The molecule has 54 heavy (non-hydrogen) atoms. The van der Waals surface area contributed by atoms with E-state index in [1.54, 1.807) is 0 Å². The van der Waals surface area contributed by atoms with Gasteiger partial charge in [0, 0.05) is 42.3 Å². The van der Waals surface area contributed by atoms with Crippen molar-refractivity contribution < 1.29 is 0 Å². The second-order valence-electron chi connectivity index (χ2n) is 15.0. The van der Waals surface area contributed by atoms with Gasteiger partial charge in [0.2, 0.25) is 0 Å². The summed E-state index contributed by atoms with van der Waals surface area (Å²) in [7, 11) is 0. The highest BCUT2D eigenvalue weighted by Gasteiger charge is 2.36.